The van der Waals surface area contributed by atoms with Crippen molar-refractivity contribution in [3.05, 3.63) is 91.0 Å². The predicted molar refractivity (Wildman–Crippen MR) is 141 cm³/mol. The van der Waals surface area contributed by atoms with Crippen molar-refractivity contribution < 1.29 is 27.1 Å². The molecule has 5 aromatic rings. The van der Waals surface area contributed by atoms with Crippen LogP contribution >= 0.6 is 0 Å². The van der Waals surface area contributed by atoms with Gasteiger partial charge in [0.1, 0.15) is 22.7 Å². The number of rotatable bonds is 5. The summed E-state index contributed by atoms with van der Waals surface area (Å²) in [5.41, 5.74) is 2.28. The van der Waals surface area contributed by atoms with E-state index in [1.807, 2.05) is 30.3 Å². The Morgan fingerprint density at radius 3 is 2.46 bits per heavy atom. The molecule has 1 N–H and O–H groups in total. The summed E-state index contributed by atoms with van der Waals surface area (Å²) in [4.78, 5) is 13.4. The second-order valence-corrected chi connectivity index (χ2v) is 10.4. The highest BCUT2D eigenvalue weighted by Crippen LogP contribution is 2.37. The molecule has 1 aliphatic rings. The SMILES string of the molecule is COc1ccc(S(=O)(=O)N2C[C@H](C(=O)Nc3ccc4c(c3)oc3ccccc34)Oc3ccccc32)cc1. The summed E-state index contributed by atoms with van der Waals surface area (Å²) < 4.78 is 45.4. The third-order valence-corrected chi connectivity index (χ3v) is 8.11. The maximum atomic E-state index is 13.6. The first kappa shape index (κ1) is 22.9. The van der Waals surface area contributed by atoms with Crippen molar-refractivity contribution >= 4 is 49.2 Å². The van der Waals surface area contributed by atoms with Crippen molar-refractivity contribution in [2.45, 2.75) is 11.0 Å². The first-order chi connectivity index (χ1) is 17.9. The van der Waals surface area contributed by atoms with Gasteiger partial charge in [-0.2, -0.15) is 0 Å². The normalized spacial score (nSPS) is 15.3. The van der Waals surface area contributed by atoms with Gasteiger partial charge in [-0.3, -0.25) is 9.10 Å². The molecule has 9 heteroatoms. The lowest BCUT2D eigenvalue weighted by atomic mass is 10.1. The minimum absolute atomic E-state index is 0.0829. The molecule has 0 fully saturated rings. The standard InChI is InChI=1S/C28H22N2O6S/c1-34-19-11-13-20(14-12-19)37(32,33)30-17-27(36-25-9-5-3-7-23(25)30)28(31)29-18-10-15-22-21-6-2-4-8-24(21)35-26(22)16-18/h2-16,27H,17H2,1H3,(H,29,31)/t27-/m1/s1. The van der Waals surface area contributed by atoms with E-state index >= 15 is 0 Å². The van der Waals surface area contributed by atoms with Gasteiger partial charge in [-0.15, -0.1) is 0 Å². The van der Waals surface area contributed by atoms with Gasteiger partial charge in [0.2, 0.25) is 0 Å². The molecule has 0 bridgehead atoms. The van der Waals surface area contributed by atoms with Crippen LogP contribution in [0.5, 0.6) is 11.5 Å². The molecule has 1 aromatic heterocycles. The Morgan fingerprint density at radius 2 is 1.65 bits per heavy atom. The quantitative estimate of drug-likeness (QED) is 0.347. The summed E-state index contributed by atoms with van der Waals surface area (Å²) in [5.74, 6) is 0.374. The molecule has 4 aromatic carbocycles. The van der Waals surface area contributed by atoms with E-state index in [1.165, 1.54) is 23.5 Å². The molecule has 2 heterocycles. The number of benzene rings is 4. The molecule has 186 valence electrons. The molecule has 8 nitrogen and oxygen atoms in total. The molecule has 0 saturated heterocycles. The summed E-state index contributed by atoms with van der Waals surface area (Å²) in [5, 5.41) is 4.77. The molecule has 37 heavy (non-hydrogen) atoms. The topological polar surface area (TPSA) is 98.1 Å². The van der Waals surface area contributed by atoms with Gasteiger partial charge in [-0.25, -0.2) is 8.42 Å². The van der Waals surface area contributed by atoms with Crippen LogP contribution < -0.4 is 19.1 Å². The highest BCUT2D eigenvalue weighted by molar-refractivity contribution is 7.92. The zero-order valence-corrected chi connectivity index (χ0v) is 20.6. The van der Waals surface area contributed by atoms with E-state index in [0.717, 1.165) is 16.4 Å². The van der Waals surface area contributed by atoms with Gasteiger partial charge in [0, 0.05) is 22.5 Å². The second kappa shape index (κ2) is 8.86. The van der Waals surface area contributed by atoms with Crippen molar-refractivity contribution in [3.63, 3.8) is 0 Å². The van der Waals surface area contributed by atoms with Gasteiger partial charge in [-0.05, 0) is 54.6 Å². The number of amides is 1. The van der Waals surface area contributed by atoms with Crippen molar-refractivity contribution in [3.8, 4) is 11.5 Å². The predicted octanol–water partition coefficient (Wildman–Crippen LogP) is 5.19. The van der Waals surface area contributed by atoms with E-state index in [9.17, 15) is 13.2 Å². The van der Waals surface area contributed by atoms with Crippen LogP contribution in [0.4, 0.5) is 11.4 Å². The molecule has 1 amide bonds. The Balaban J connectivity index is 1.30. The number of carbonyl (C=O) groups is 1. The Labute approximate surface area is 213 Å². The minimum Gasteiger partial charge on any atom is -0.497 e. The third kappa shape index (κ3) is 4.03. The van der Waals surface area contributed by atoms with Crippen LogP contribution in [0, 0.1) is 0 Å². The highest BCUT2D eigenvalue weighted by Gasteiger charge is 2.37. The van der Waals surface area contributed by atoms with Crippen molar-refractivity contribution in [2.24, 2.45) is 0 Å². The Bertz CT molecular complexity index is 1740. The summed E-state index contributed by atoms with van der Waals surface area (Å²) in [6.07, 6.45) is -1.07. The van der Waals surface area contributed by atoms with Crippen LogP contribution in [0.1, 0.15) is 0 Å². The molecule has 0 radical (unpaired) electrons. The molecule has 0 unspecified atom stereocenters. The summed E-state index contributed by atoms with van der Waals surface area (Å²) in [6.45, 7) is -0.190. The number of para-hydroxylation sites is 3. The smallest absolute Gasteiger partial charge is 0.267 e. The van der Waals surface area contributed by atoms with Gasteiger partial charge in [-0.1, -0.05) is 30.3 Å². The fourth-order valence-corrected chi connectivity index (χ4v) is 5.94. The molecule has 0 aliphatic carbocycles. The number of fused-ring (bicyclic) bond motifs is 4. The second-order valence-electron chi connectivity index (χ2n) is 8.58. The van der Waals surface area contributed by atoms with Gasteiger partial charge in [0.05, 0.1) is 24.2 Å². The minimum atomic E-state index is -3.98. The average molecular weight is 515 g/mol. The molecular formula is C28H22N2O6S. The number of furan rings is 1. The lowest BCUT2D eigenvalue weighted by Crippen LogP contribution is -2.48. The van der Waals surface area contributed by atoms with Crippen molar-refractivity contribution in [1.82, 2.24) is 0 Å². The maximum Gasteiger partial charge on any atom is 0.267 e. The molecule has 1 atom stereocenters. The number of ether oxygens (including phenoxy) is 2. The van der Waals surface area contributed by atoms with Crippen LogP contribution in [0.3, 0.4) is 0 Å². The number of methoxy groups -OCH3 is 1. The van der Waals surface area contributed by atoms with Crippen LogP contribution in [0.2, 0.25) is 0 Å². The number of sulfonamides is 1. The van der Waals surface area contributed by atoms with Crippen LogP contribution in [-0.2, 0) is 14.8 Å². The van der Waals surface area contributed by atoms with E-state index < -0.39 is 22.0 Å². The monoisotopic (exact) mass is 514 g/mol. The summed E-state index contributed by atoms with van der Waals surface area (Å²) in [6, 6.07) is 26.0. The van der Waals surface area contributed by atoms with E-state index in [1.54, 1.807) is 48.5 Å². The number of carbonyl (C=O) groups excluding carboxylic acids is 1. The van der Waals surface area contributed by atoms with Gasteiger partial charge < -0.3 is 19.2 Å². The zero-order valence-electron chi connectivity index (χ0n) is 19.7. The number of anilines is 2. The highest BCUT2D eigenvalue weighted by atomic mass is 32.2. The zero-order chi connectivity index (χ0) is 25.6. The number of nitrogens with one attached hydrogen (secondary N) is 1. The van der Waals surface area contributed by atoms with Crippen LogP contribution in [0.15, 0.2) is 100 Å². The third-order valence-electron chi connectivity index (χ3n) is 6.32. The van der Waals surface area contributed by atoms with Crippen LogP contribution in [0.25, 0.3) is 21.9 Å². The molecule has 1 aliphatic heterocycles. The number of hydrogen-bond acceptors (Lipinski definition) is 6. The Hall–Kier alpha value is -4.50. The molecule has 0 saturated carbocycles. The Morgan fingerprint density at radius 1 is 0.919 bits per heavy atom. The van der Waals surface area contributed by atoms with E-state index in [-0.39, 0.29) is 11.4 Å². The molecular weight excluding hydrogens is 492 g/mol. The lowest BCUT2D eigenvalue weighted by Gasteiger charge is -2.34. The van der Waals surface area contributed by atoms with E-state index in [0.29, 0.717) is 28.5 Å². The first-order valence-corrected chi connectivity index (χ1v) is 13.0. The molecule has 6 rings (SSSR count). The van der Waals surface area contributed by atoms with Gasteiger partial charge >= 0.3 is 0 Å². The van der Waals surface area contributed by atoms with Gasteiger partial charge in [0.25, 0.3) is 15.9 Å². The largest absolute Gasteiger partial charge is 0.497 e. The van der Waals surface area contributed by atoms with Gasteiger partial charge in [0.15, 0.2) is 6.10 Å². The lowest BCUT2D eigenvalue weighted by molar-refractivity contribution is -0.122. The average Bonchev–Trinajstić information content (AvgIpc) is 3.30. The summed E-state index contributed by atoms with van der Waals surface area (Å²) in [7, 11) is -2.47. The first-order valence-electron chi connectivity index (χ1n) is 11.6. The van der Waals surface area contributed by atoms with Crippen molar-refractivity contribution in [1.29, 1.82) is 0 Å². The van der Waals surface area contributed by atoms with E-state index in [2.05, 4.69) is 5.32 Å². The Kier molecular flexibility index (Phi) is 5.49. The van der Waals surface area contributed by atoms with Crippen LogP contribution in [-0.4, -0.2) is 34.1 Å². The number of hydrogen-bond donors (Lipinski definition) is 1. The number of nitrogens with zero attached hydrogens (tertiary/aromatic N) is 1. The van der Waals surface area contributed by atoms with E-state index in [4.69, 9.17) is 13.9 Å². The maximum absolute atomic E-state index is 13.6. The summed E-state index contributed by atoms with van der Waals surface area (Å²) >= 11 is 0. The fourth-order valence-electron chi connectivity index (χ4n) is 4.47. The fraction of sp³-hybridized carbons (Fsp3) is 0.107. The molecule has 0 spiro atoms. The van der Waals surface area contributed by atoms with Crippen molar-refractivity contribution in [2.75, 3.05) is 23.3 Å².